The van der Waals surface area contributed by atoms with Gasteiger partial charge in [-0.05, 0) is 44.4 Å². The number of thiazole rings is 1. The fraction of sp³-hybridized carbons (Fsp3) is 0.333. The third kappa shape index (κ3) is 5.33. The molecule has 0 fully saturated rings. The van der Waals surface area contributed by atoms with Crippen molar-refractivity contribution in [1.82, 2.24) is 9.88 Å². The van der Waals surface area contributed by atoms with Gasteiger partial charge in [-0.2, -0.15) is 0 Å². The summed E-state index contributed by atoms with van der Waals surface area (Å²) in [6.07, 6.45) is 0. The fourth-order valence-corrected chi connectivity index (χ4v) is 4.21. The summed E-state index contributed by atoms with van der Waals surface area (Å²) in [7, 11) is 8.59. The van der Waals surface area contributed by atoms with Crippen molar-refractivity contribution in [2.24, 2.45) is 0 Å². The van der Waals surface area contributed by atoms with Crippen LogP contribution in [-0.4, -0.2) is 64.3 Å². The quantitative estimate of drug-likeness (QED) is 0.464. The van der Waals surface area contributed by atoms with Gasteiger partial charge in [0.2, 0.25) is 0 Å². The molecule has 0 aliphatic carbocycles. The first-order valence-electron chi connectivity index (χ1n) is 9.21. The van der Waals surface area contributed by atoms with E-state index in [1.807, 2.05) is 19.0 Å². The SMILES string of the molecule is COc1ccc(C(=O)N(CCN(C)C)c2nc3c(OC)ccc(Cl)c3s2)cc1OC.Cl. The van der Waals surface area contributed by atoms with E-state index in [1.54, 1.807) is 49.5 Å². The Labute approximate surface area is 196 Å². The van der Waals surface area contributed by atoms with Gasteiger partial charge in [-0.25, -0.2) is 4.98 Å². The van der Waals surface area contributed by atoms with E-state index >= 15 is 0 Å². The number of aromatic nitrogens is 1. The number of likely N-dealkylation sites (N-methyl/N-ethyl adjacent to an activating group) is 1. The van der Waals surface area contributed by atoms with E-state index in [4.69, 9.17) is 25.8 Å². The van der Waals surface area contributed by atoms with Gasteiger partial charge in [0.05, 0.1) is 31.1 Å². The highest BCUT2D eigenvalue weighted by molar-refractivity contribution is 7.23. The Hall–Kier alpha value is -2.26. The number of methoxy groups -OCH3 is 3. The molecule has 3 aromatic rings. The van der Waals surface area contributed by atoms with Crippen molar-refractivity contribution in [3.8, 4) is 17.2 Å². The Morgan fingerprint density at radius 2 is 1.65 bits per heavy atom. The van der Waals surface area contributed by atoms with Crippen LogP contribution in [0.1, 0.15) is 10.4 Å². The zero-order chi connectivity index (χ0) is 21.8. The molecule has 2 aromatic carbocycles. The molecule has 0 bridgehead atoms. The summed E-state index contributed by atoms with van der Waals surface area (Å²) in [5.41, 5.74) is 1.11. The largest absolute Gasteiger partial charge is 0.494 e. The van der Waals surface area contributed by atoms with E-state index in [1.165, 1.54) is 18.4 Å². The van der Waals surface area contributed by atoms with Crippen molar-refractivity contribution in [2.45, 2.75) is 0 Å². The van der Waals surface area contributed by atoms with Crippen molar-refractivity contribution < 1.29 is 19.0 Å². The number of benzene rings is 2. The third-order valence-corrected chi connectivity index (χ3v) is 6.08. The van der Waals surface area contributed by atoms with Crippen LogP contribution in [0.4, 0.5) is 5.13 Å². The van der Waals surface area contributed by atoms with Crippen LogP contribution in [0.2, 0.25) is 5.02 Å². The summed E-state index contributed by atoms with van der Waals surface area (Å²) in [6, 6.07) is 8.64. The molecule has 1 amide bonds. The highest BCUT2D eigenvalue weighted by Gasteiger charge is 2.24. The summed E-state index contributed by atoms with van der Waals surface area (Å²) in [5, 5.41) is 1.12. The van der Waals surface area contributed by atoms with Crippen molar-refractivity contribution in [3.05, 3.63) is 40.9 Å². The molecule has 0 unspecified atom stereocenters. The number of nitrogens with zero attached hydrogens (tertiary/aromatic N) is 3. The van der Waals surface area contributed by atoms with Gasteiger partial charge in [0.15, 0.2) is 16.6 Å². The fourth-order valence-electron chi connectivity index (χ4n) is 2.93. The lowest BCUT2D eigenvalue weighted by atomic mass is 10.1. The highest BCUT2D eigenvalue weighted by atomic mass is 35.5. The monoisotopic (exact) mass is 485 g/mol. The van der Waals surface area contributed by atoms with Crippen molar-refractivity contribution in [1.29, 1.82) is 0 Å². The van der Waals surface area contributed by atoms with E-state index in [0.29, 0.717) is 51.6 Å². The Balaban J connectivity index is 0.00000341. The molecule has 10 heteroatoms. The van der Waals surface area contributed by atoms with Crippen LogP contribution in [0.3, 0.4) is 0 Å². The maximum Gasteiger partial charge on any atom is 0.260 e. The van der Waals surface area contributed by atoms with Gasteiger partial charge in [-0.1, -0.05) is 22.9 Å². The average Bonchev–Trinajstić information content (AvgIpc) is 3.19. The van der Waals surface area contributed by atoms with Crippen LogP contribution in [0.15, 0.2) is 30.3 Å². The molecule has 3 rings (SSSR count). The zero-order valence-corrected chi connectivity index (χ0v) is 20.4. The lowest BCUT2D eigenvalue weighted by Crippen LogP contribution is -2.36. The Morgan fingerprint density at radius 1 is 1.00 bits per heavy atom. The molecule has 0 atom stereocenters. The minimum atomic E-state index is -0.188. The molecule has 0 aliphatic rings. The first-order valence-corrected chi connectivity index (χ1v) is 10.4. The van der Waals surface area contributed by atoms with Gasteiger partial charge in [-0.3, -0.25) is 9.69 Å². The second-order valence-corrected chi connectivity index (χ2v) is 8.14. The molecule has 1 heterocycles. The number of ether oxygens (including phenoxy) is 3. The van der Waals surface area contributed by atoms with Crippen LogP contribution in [0, 0.1) is 0 Å². The number of hydrogen-bond donors (Lipinski definition) is 0. The molecule has 0 radical (unpaired) electrons. The van der Waals surface area contributed by atoms with Gasteiger partial charge in [-0.15, -0.1) is 12.4 Å². The van der Waals surface area contributed by atoms with Gasteiger partial charge >= 0.3 is 0 Å². The summed E-state index contributed by atoms with van der Waals surface area (Å²) >= 11 is 7.74. The third-order valence-electron chi connectivity index (χ3n) is 4.54. The van der Waals surface area contributed by atoms with Crippen LogP contribution in [0.5, 0.6) is 17.2 Å². The van der Waals surface area contributed by atoms with Crippen LogP contribution in [-0.2, 0) is 0 Å². The number of carbonyl (C=O) groups is 1. The maximum absolute atomic E-state index is 13.5. The molecule has 0 N–H and O–H groups in total. The van der Waals surface area contributed by atoms with E-state index in [2.05, 4.69) is 4.98 Å². The molecule has 1 aromatic heterocycles. The second kappa shape index (κ2) is 10.9. The average molecular weight is 486 g/mol. The minimum Gasteiger partial charge on any atom is -0.494 e. The first-order chi connectivity index (χ1) is 14.4. The second-order valence-electron chi connectivity index (χ2n) is 6.75. The molecular formula is C21H25Cl2N3O4S. The molecule has 0 saturated carbocycles. The summed E-state index contributed by atoms with van der Waals surface area (Å²) in [6.45, 7) is 1.12. The number of rotatable bonds is 8. The minimum absolute atomic E-state index is 0. The van der Waals surface area contributed by atoms with Crippen LogP contribution < -0.4 is 19.1 Å². The number of anilines is 1. The smallest absolute Gasteiger partial charge is 0.260 e. The van der Waals surface area contributed by atoms with Crippen LogP contribution >= 0.6 is 35.3 Å². The number of amides is 1. The molecule has 168 valence electrons. The van der Waals surface area contributed by atoms with Gasteiger partial charge in [0.25, 0.3) is 5.91 Å². The van der Waals surface area contributed by atoms with Crippen molar-refractivity contribution in [3.63, 3.8) is 0 Å². The summed E-state index contributed by atoms with van der Waals surface area (Å²) < 4.78 is 16.8. The van der Waals surface area contributed by atoms with E-state index in [-0.39, 0.29) is 18.3 Å². The van der Waals surface area contributed by atoms with E-state index in [9.17, 15) is 4.79 Å². The van der Waals surface area contributed by atoms with Gasteiger partial charge in [0.1, 0.15) is 11.3 Å². The lowest BCUT2D eigenvalue weighted by Gasteiger charge is -2.22. The molecule has 0 aliphatic heterocycles. The molecule has 31 heavy (non-hydrogen) atoms. The van der Waals surface area contributed by atoms with Crippen molar-refractivity contribution >= 4 is 56.6 Å². The normalized spacial score (nSPS) is 10.7. The molecule has 0 spiro atoms. The predicted molar refractivity (Wildman–Crippen MR) is 128 cm³/mol. The number of halogens is 2. The summed E-state index contributed by atoms with van der Waals surface area (Å²) in [4.78, 5) is 21.8. The molecule has 7 nitrogen and oxygen atoms in total. The Morgan fingerprint density at radius 3 is 2.26 bits per heavy atom. The maximum atomic E-state index is 13.5. The highest BCUT2D eigenvalue weighted by Crippen LogP contribution is 2.39. The van der Waals surface area contributed by atoms with Gasteiger partial charge in [0, 0.05) is 18.7 Å². The number of carbonyl (C=O) groups excluding carboxylic acids is 1. The van der Waals surface area contributed by atoms with Gasteiger partial charge < -0.3 is 19.1 Å². The van der Waals surface area contributed by atoms with Crippen LogP contribution in [0.25, 0.3) is 10.2 Å². The number of fused-ring (bicyclic) bond motifs is 1. The lowest BCUT2D eigenvalue weighted by molar-refractivity contribution is 0.0985. The predicted octanol–water partition coefficient (Wildman–Crippen LogP) is 4.61. The first kappa shape index (κ1) is 25.0. The Kier molecular flexibility index (Phi) is 8.76. The molecular weight excluding hydrogens is 461 g/mol. The zero-order valence-electron chi connectivity index (χ0n) is 18.0. The standard InChI is InChI=1S/C21H24ClN3O4S.ClH/c1-24(2)10-11-25(20(26)13-6-8-15(27-3)17(12-13)29-5)21-23-18-16(28-4)9-7-14(22)19(18)30-21;/h6-9,12H,10-11H2,1-5H3;1H. The van der Waals surface area contributed by atoms with Crippen molar-refractivity contribution in [2.75, 3.05) is 53.4 Å². The number of hydrogen-bond acceptors (Lipinski definition) is 7. The molecule has 0 saturated heterocycles. The Bertz CT molecular complexity index is 1060. The topological polar surface area (TPSA) is 64.1 Å². The summed E-state index contributed by atoms with van der Waals surface area (Å²) in [5.74, 6) is 1.48. The van der Waals surface area contributed by atoms with E-state index in [0.717, 1.165) is 4.70 Å². The van der Waals surface area contributed by atoms with E-state index < -0.39 is 0 Å².